The number of likely N-dealkylation sites (tertiary alicyclic amines) is 1. The van der Waals surface area contributed by atoms with E-state index in [1.54, 1.807) is 18.4 Å². The Morgan fingerprint density at radius 3 is 2.54 bits per heavy atom. The van der Waals surface area contributed by atoms with Crippen LogP contribution >= 0.6 is 0 Å². The summed E-state index contributed by atoms with van der Waals surface area (Å²) in [6.45, 7) is 2.80. The molecule has 3 heterocycles. The highest BCUT2D eigenvalue weighted by molar-refractivity contribution is 6.02. The van der Waals surface area contributed by atoms with E-state index in [1.165, 1.54) is 12.8 Å². The molecule has 1 fully saturated rings. The molecule has 1 unspecified atom stereocenters. The first kappa shape index (κ1) is 18.2. The van der Waals surface area contributed by atoms with E-state index in [-0.39, 0.29) is 17.6 Å². The number of furan rings is 1. The van der Waals surface area contributed by atoms with Crippen LogP contribution in [0.25, 0.3) is 0 Å². The third-order valence-corrected chi connectivity index (χ3v) is 4.86. The Bertz CT molecular complexity index is 875. The third kappa shape index (κ3) is 4.37. The molecule has 3 aromatic rings. The van der Waals surface area contributed by atoms with Gasteiger partial charge in [-0.2, -0.15) is 0 Å². The predicted octanol–water partition coefficient (Wildman–Crippen LogP) is 3.57. The third-order valence-electron chi connectivity index (χ3n) is 4.86. The van der Waals surface area contributed by atoms with Gasteiger partial charge in [0, 0.05) is 12.2 Å². The van der Waals surface area contributed by atoms with Crippen LogP contribution in [0.1, 0.15) is 35.1 Å². The maximum atomic E-state index is 12.3. The van der Waals surface area contributed by atoms with Crippen molar-refractivity contribution < 1.29 is 9.21 Å². The van der Waals surface area contributed by atoms with Crippen molar-refractivity contribution in [3.05, 3.63) is 72.3 Å². The Hall–Kier alpha value is -3.19. The fourth-order valence-electron chi connectivity index (χ4n) is 3.41. The SMILES string of the molecule is O=C(Nc1ccccc1)c1ccc(NCC(c2ccco2)N2CCCC2)nn1. The molecule has 1 aliphatic heterocycles. The van der Waals surface area contributed by atoms with E-state index in [4.69, 9.17) is 4.42 Å². The summed E-state index contributed by atoms with van der Waals surface area (Å²) in [4.78, 5) is 14.7. The average molecular weight is 377 g/mol. The first-order valence-electron chi connectivity index (χ1n) is 9.51. The molecule has 0 spiro atoms. The highest BCUT2D eigenvalue weighted by Gasteiger charge is 2.25. The number of benzene rings is 1. The number of nitrogens with one attached hydrogen (secondary N) is 2. The number of para-hydroxylation sites is 1. The number of carbonyl (C=O) groups excluding carboxylic acids is 1. The van der Waals surface area contributed by atoms with Gasteiger partial charge in [0.15, 0.2) is 5.69 Å². The summed E-state index contributed by atoms with van der Waals surface area (Å²) in [6.07, 6.45) is 4.13. The zero-order valence-corrected chi connectivity index (χ0v) is 15.5. The highest BCUT2D eigenvalue weighted by atomic mass is 16.3. The van der Waals surface area contributed by atoms with Gasteiger partial charge in [-0.1, -0.05) is 18.2 Å². The largest absolute Gasteiger partial charge is 0.468 e. The van der Waals surface area contributed by atoms with Crippen LogP contribution in [0.5, 0.6) is 0 Å². The fourth-order valence-corrected chi connectivity index (χ4v) is 3.41. The normalized spacial score (nSPS) is 15.3. The van der Waals surface area contributed by atoms with Gasteiger partial charge in [-0.3, -0.25) is 9.69 Å². The molecule has 0 saturated carbocycles. The zero-order valence-electron chi connectivity index (χ0n) is 15.5. The lowest BCUT2D eigenvalue weighted by Crippen LogP contribution is -2.31. The van der Waals surface area contributed by atoms with Crippen molar-refractivity contribution in [3.63, 3.8) is 0 Å². The van der Waals surface area contributed by atoms with Crippen LogP contribution in [0.2, 0.25) is 0 Å². The number of anilines is 2. The molecule has 7 nitrogen and oxygen atoms in total. The van der Waals surface area contributed by atoms with Crippen molar-refractivity contribution >= 4 is 17.4 Å². The van der Waals surface area contributed by atoms with E-state index in [2.05, 4.69) is 25.7 Å². The Kier molecular flexibility index (Phi) is 5.63. The average Bonchev–Trinajstić information content (AvgIpc) is 3.44. The summed E-state index contributed by atoms with van der Waals surface area (Å²) >= 11 is 0. The second-order valence-corrected chi connectivity index (χ2v) is 6.78. The van der Waals surface area contributed by atoms with E-state index in [0.717, 1.165) is 24.5 Å². The van der Waals surface area contributed by atoms with Crippen LogP contribution < -0.4 is 10.6 Å². The van der Waals surface area contributed by atoms with Gasteiger partial charge < -0.3 is 15.1 Å². The standard InChI is InChI=1S/C21H23N5O2/c27-21(23-16-7-2-1-3-8-16)17-10-11-20(25-24-17)22-15-18(19-9-6-14-28-19)26-12-4-5-13-26/h1-3,6-11,14,18H,4-5,12-13,15H2,(H,22,25)(H,23,27). The molecular weight excluding hydrogens is 354 g/mol. The van der Waals surface area contributed by atoms with Gasteiger partial charge in [0.25, 0.3) is 5.91 Å². The van der Waals surface area contributed by atoms with Gasteiger partial charge in [0.1, 0.15) is 11.6 Å². The summed E-state index contributed by atoms with van der Waals surface area (Å²) in [5, 5.41) is 14.3. The lowest BCUT2D eigenvalue weighted by atomic mass is 10.2. The van der Waals surface area contributed by atoms with Crippen molar-refractivity contribution in [1.82, 2.24) is 15.1 Å². The van der Waals surface area contributed by atoms with Crippen LogP contribution in [-0.4, -0.2) is 40.6 Å². The molecule has 0 aliphatic carbocycles. The number of hydrogen-bond acceptors (Lipinski definition) is 6. The van der Waals surface area contributed by atoms with Crippen molar-refractivity contribution in [2.45, 2.75) is 18.9 Å². The summed E-state index contributed by atoms with van der Waals surface area (Å²) in [5.41, 5.74) is 1.000. The number of rotatable bonds is 7. The lowest BCUT2D eigenvalue weighted by molar-refractivity contribution is 0.102. The molecule has 0 bridgehead atoms. The Morgan fingerprint density at radius 2 is 1.86 bits per heavy atom. The molecule has 1 atom stereocenters. The number of carbonyl (C=O) groups is 1. The molecule has 2 aromatic heterocycles. The minimum Gasteiger partial charge on any atom is -0.468 e. The molecule has 4 rings (SSSR count). The van der Waals surface area contributed by atoms with Gasteiger partial charge in [-0.25, -0.2) is 0 Å². The molecule has 1 saturated heterocycles. The molecule has 2 N–H and O–H groups in total. The summed E-state index contributed by atoms with van der Waals surface area (Å²) in [6, 6.07) is 16.8. The molecule has 1 aromatic carbocycles. The van der Waals surface area contributed by atoms with Crippen molar-refractivity contribution in [1.29, 1.82) is 0 Å². The van der Waals surface area contributed by atoms with Crippen LogP contribution in [0.15, 0.2) is 65.3 Å². The molecule has 0 radical (unpaired) electrons. The van der Waals surface area contributed by atoms with Gasteiger partial charge in [0.2, 0.25) is 0 Å². The van der Waals surface area contributed by atoms with Gasteiger partial charge in [0.05, 0.1) is 12.3 Å². The van der Waals surface area contributed by atoms with Gasteiger partial charge in [-0.05, 0) is 62.3 Å². The topological polar surface area (TPSA) is 83.3 Å². The Morgan fingerprint density at radius 1 is 1.04 bits per heavy atom. The lowest BCUT2D eigenvalue weighted by Gasteiger charge is -2.26. The highest BCUT2D eigenvalue weighted by Crippen LogP contribution is 2.25. The van der Waals surface area contributed by atoms with Crippen LogP contribution in [-0.2, 0) is 0 Å². The molecule has 28 heavy (non-hydrogen) atoms. The van der Waals surface area contributed by atoms with E-state index < -0.39 is 0 Å². The molecule has 1 aliphatic rings. The first-order valence-corrected chi connectivity index (χ1v) is 9.51. The van der Waals surface area contributed by atoms with Gasteiger partial charge >= 0.3 is 0 Å². The molecule has 144 valence electrons. The van der Waals surface area contributed by atoms with E-state index in [0.29, 0.717) is 12.4 Å². The van der Waals surface area contributed by atoms with Gasteiger partial charge in [-0.15, -0.1) is 10.2 Å². The quantitative estimate of drug-likeness (QED) is 0.655. The Labute approximate surface area is 163 Å². The van der Waals surface area contributed by atoms with Crippen LogP contribution in [0.4, 0.5) is 11.5 Å². The molecular formula is C21H23N5O2. The smallest absolute Gasteiger partial charge is 0.276 e. The van der Waals surface area contributed by atoms with Crippen molar-refractivity contribution in [3.8, 4) is 0 Å². The number of nitrogens with zero attached hydrogens (tertiary/aromatic N) is 3. The number of aromatic nitrogens is 2. The number of hydrogen-bond donors (Lipinski definition) is 2. The van der Waals surface area contributed by atoms with E-state index in [1.807, 2.05) is 42.5 Å². The zero-order chi connectivity index (χ0) is 19.2. The monoisotopic (exact) mass is 377 g/mol. The Balaban J connectivity index is 1.37. The minimum absolute atomic E-state index is 0.153. The van der Waals surface area contributed by atoms with Crippen LogP contribution in [0.3, 0.4) is 0 Å². The van der Waals surface area contributed by atoms with Crippen molar-refractivity contribution in [2.75, 3.05) is 30.3 Å². The number of amides is 1. The first-order chi connectivity index (χ1) is 13.8. The second kappa shape index (κ2) is 8.67. The van der Waals surface area contributed by atoms with E-state index >= 15 is 0 Å². The molecule has 7 heteroatoms. The molecule has 1 amide bonds. The summed E-state index contributed by atoms with van der Waals surface area (Å²) in [7, 11) is 0. The maximum Gasteiger partial charge on any atom is 0.276 e. The van der Waals surface area contributed by atoms with Crippen LogP contribution in [0, 0.1) is 0 Å². The minimum atomic E-state index is -0.282. The maximum absolute atomic E-state index is 12.3. The van der Waals surface area contributed by atoms with E-state index in [9.17, 15) is 4.79 Å². The fraction of sp³-hybridized carbons (Fsp3) is 0.286. The second-order valence-electron chi connectivity index (χ2n) is 6.78. The van der Waals surface area contributed by atoms with Crippen molar-refractivity contribution in [2.24, 2.45) is 0 Å². The summed E-state index contributed by atoms with van der Waals surface area (Å²) in [5.74, 6) is 1.30. The summed E-state index contributed by atoms with van der Waals surface area (Å²) < 4.78 is 5.63. The predicted molar refractivity (Wildman–Crippen MR) is 107 cm³/mol.